The molecule has 1 unspecified atom stereocenters. The molecule has 0 spiro atoms. The van der Waals surface area contributed by atoms with E-state index in [-0.39, 0.29) is 16.5 Å². The Morgan fingerprint density at radius 2 is 2.04 bits per heavy atom. The van der Waals surface area contributed by atoms with E-state index in [9.17, 15) is 9.59 Å². The Kier molecular flexibility index (Phi) is 4.90. The molecule has 126 valence electrons. The number of Topliss-reactive ketones (excluding diaryl/α,β-unsaturated/α-hetero) is 1. The summed E-state index contributed by atoms with van der Waals surface area (Å²) in [5.41, 5.74) is 1.97. The zero-order valence-corrected chi connectivity index (χ0v) is 15.4. The van der Waals surface area contributed by atoms with Crippen LogP contribution in [0.15, 0.2) is 36.9 Å². The summed E-state index contributed by atoms with van der Waals surface area (Å²) < 4.78 is 1.85. The largest absolute Gasteiger partial charge is 0.339 e. The van der Waals surface area contributed by atoms with Crippen molar-refractivity contribution in [3.8, 4) is 0 Å². The molecule has 0 bridgehead atoms. The monoisotopic (exact) mass is 388 g/mol. The number of rotatable bonds is 5. The minimum atomic E-state index is -0.368. The van der Waals surface area contributed by atoms with Gasteiger partial charge in [-0.2, -0.15) is 0 Å². The van der Waals surface area contributed by atoms with Crippen LogP contribution < -0.4 is 0 Å². The fourth-order valence-corrected chi connectivity index (χ4v) is 3.92. The summed E-state index contributed by atoms with van der Waals surface area (Å²) in [5.74, 6) is -0.0682. The fraction of sp³-hybridized carbons (Fsp3) is 0.368. The van der Waals surface area contributed by atoms with Crippen LogP contribution in [0.2, 0.25) is 0 Å². The van der Waals surface area contributed by atoms with E-state index in [0.29, 0.717) is 24.3 Å². The highest BCUT2D eigenvalue weighted by Gasteiger charge is 2.36. The maximum atomic E-state index is 13.1. The van der Waals surface area contributed by atoms with Crippen LogP contribution in [0.25, 0.3) is 10.9 Å². The predicted octanol–water partition coefficient (Wildman–Crippen LogP) is 3.94. The van der Waals surface area contributed by atoms with Gasteiger partial charge in [-0.15, -0.1) is 6.58 Å². The highest BCUT2D eigenvalue weighted by Crippen LogP contribution is 2.31. The minimum Gasteiger partial charge on any atom is -0.339 e. The summed E-state index contributed by atoms with van der Waals surface area (Å²) in [5, 5.41) is 0.853. The molecule has 1 aromatic heterocycles. The van der Waals surface area contributed by atoms with E-state index < -0.39 is 0 Å². The van der Waals surface area contributed by atoms with E-state index in [0.717, 1.165) is 30.2 Å². The van der Waals surface area contributed by atoms with Crippen molar-refractivity contribution in [1.29, 1.82) is 0 Å². The van der Waals surface area contributed by atoms with Crippen LogP contribution in [0, 0.1) is 0 Å². The summed E-state index contributed by atoms with van der Waals surface area (Å²) in [6, 6.07) is 7.69. The van der Waals surface area contributed by atoms with E-state index in [1.165, 1.54) is 0 Å². The van der Waals surface area contributed by atoms with Gasteiger partial charge >= 0.3 is 0 Å². The van der Waals surface area contributed by atoms with Crippen molar-refractivity contribution in [2.75, 3.05) is 13.1 Å². The lowest BCUT2D eigenvalue weighted by Crippen LogP contribution is -2.36. The predicted molar refractivity (Wildman–Crippen MR) is 99.9 cm³/mol. The van der Waals surface area contributed by atoms with E-state index in [2.05, 4.69) is 22.5 Å². The molecule has 24 heavy (non-hydrogen) atoms. The molecule has 5 heteroatoms. The number of para-hydroxylation sites is 1. The Hall–Kier alpha value is -1.88. The van der Waals surface area contributed by atoms with Gasteiger partial charge < -0.3 is 9.47 Å². The molecule has 0 saturated carbocycles. The molecule has 2 heterocycles. The molecule has 1 atom stereocenters. The normalized spacial score (nSPS) is 17.9. The second-order valence-electron chi connectivity index (χ2n) is 6.17. The van der Waals surface area contributed by atoms with Gasteiger partial charge in [0.15, 0.2) is 5.78 Å². The van der Waals surface area contributed by atoms with Gasteiger partial charge in [0.05, 0.1) is 10.4 Å². The van der Waals surface area contributed by atoms with Crippen molar-refractivity contribution >= 4 is 38.5 Å². The summed E-state index contributed by atoms with van der Waals surface area (Å²) in [4.78, 5) is 27.4. The number of halogens is 1. The van der Waals surface area contributed by atoms with Crippen LogP contribution in [0.3, 0.4) is 0 Å². The summed E-state index contributed by atoms with van der Waals surface area (Å²) in [7, 11) is 1.86. The Balaban J connectivity index is 2.03. The van der Waals surface area contributed by atoms with Crippen LogP contribution in [-0.2, 0) is 7.05 Å². The van der Waals surface area contributed by atoms with Gasteiger partial charge in [-0.3, -0.25) is 9.59 Å². The number of unbranched alkanes of at least 4 members (excludes halogenated alkanes) is 2. The first kappa shape index (κ1) is 17.0. The van der Waals surface area contributed by atoms with E-state index in [1.54, 1.807) is 4.90 Å². The molecule has 0 saturated heterocycles. The number of hydrogen-bond acceptors (Lipinski definition) is 2. The lowest BCUT2D eigenvalue weighted by molar-refractivity contribution is 0.0750. The topological polar surface area (TPSA) is 42.3 Å². The van der Waals surface area contributed by atoms with Gasteiger partial charge in [-0.05, 0) is 25.3 Å². The van der Waals surface area contributed by atoms with Crippen molar-refractivity contribution in [3.63, 3.8) is 0 Å². The number of fused-ring (bicyclic) bond motifs is 3. The average molecular weight is 389 g/mol. The van der Waals surface area contributed by atoms with Crippen molar-refractivity contribution in [2.24, 2.45) is 7.05 Å². The van der Waals surface area contributed by atoms with E-state index in [4.69, 9.17) is 0 Å². The standard InChI is InChI=1S/C19H21BrN2O2/c1-3-4-5-8-11-22-12-14(20)18(23)16-13-9-6-7-10-15(13)21(2)17(16)19(22)24/h3,6-7,9-10,14H,1,4-5,8,11-12H2,2H3. The van der Waals surface area contributed by atoms with Crippen LogP contribution in [-0.4, -0.2) is 39.1 Å². The maximum Gasteiger partial charge on any atom is 0.271 e. The van der Waals surface area contributed by atoms with E-state index >= 15 is 0 Å². The van der Waals surface area contributed by atoms with Gasteiger partial charge in [0.25, 0.3) is 5.91 Å². The number of allylic oxidation sites excluding steroid dienone is 1. The molecule has 0 N–H and O–H groups in total. The Bertz CT molecular complexity index is 809. The average Bonchev–Trinajstić information content (AvgIpc) is 2.84. The maximum absolute atomic E-state index is 13.1. The van der Waals surface area contributed by atoms with Gasteiger partial charge in [0.1, 0.15) is 5.69 Å². The Labute approximate surface area is 150 Å². The zero-order valence-electron chi connectivity index (χ0n) is 13.8. The smallest absolute Gasteiger partial charge is 0.271 e. The summed E-state index contributed by atoms with van der Waals surface area (Å²) in [6.07, 6.45) is 4.74. The molecular weight excluding hydrogens is 368 g/mol. The second kappa shape index (κ2) is 6.93. The third-order valence-electron chi connectivity index (χ3n) is 4.59. The molecule has 1 aliphatic rings. The van der Waals surface area contributed by atoms with Gasteiger partial charge in [0.2, 0.25) is 0 Å². The Morgan fingerprint density at radius 3 is 2.79 bits per heavy atom. The molecule has 2 aromatic rings. The van der Waals surface area contributed by atoms with Gasteiger partial charge in [-0.1, -0.05) is 40.2 Å². The lowest BCUT2D eigenvalue weighted by atomic mass is 10.1. The second-order valence-corrected chi connectivity index (χ2v) is 7.27. The summed E-state index contributed by atoms with van der Waals surface area (Å²) >= 11 is 3.49. The van der Waals surface area contributed by atoms with E-state index in [1.807, 2.05) is 42.0 Å². The molecule has 0 radical (unpaired) electrons. The number of benzene rings is 1. The Morgan fingerprint density at radius 1 is 1.29 bits per heavy atom. The van der Waals surface area contributed by atoms with Gasteiger partial charge in [-0.25, -0.2) is 0 Å². The van der Waals surface area contributed by atoms with Crippen molar-refractivity contribution < 1.29 is 9.59 Å². The molecule has 4 nitrogen and oxygen atoms in total. The molecule has 0 fully saturated rings. The molecule has 3 rings (SSSR count). The van der Waals surface area contributed by atoms with Crippen LogP contribution >= 0.6 is 15.9 Å². The number of amides is 1. The van der Waals surface area contributed by atoms with Crippen LogP contribution in [0.5, 0.6) is 0 Å². The number of ketones is 1. The number of nitrogens with zero attached hydrogens (tertiary/aromatic N) is 2. The summed E-state index contributed by atoms with van der Waals surface area (Å²) in [6.45, 7) is 4.79. The third kappa shape index (κ3) is 2.81. The minimum absolute atomic E-state index is 0.0104. The van der Waals surface area contributed by atoms with Gasteiger partial charge in [0, 0.05) is 31.0 Å². The van der Waals surface area contributed by atoms with Crippen molar-refractivity contribution in [2.45, 2.75) is 24.1 Å². The molecule has 1 aromatic carbocycles. The number of aromatic nitrogens is 1. The third-order valence-corrected chi connectivity index (χ3v) is 5.30. The molecule has 1 amide bonds. The highest BCUT2D eigenvalue weighted by atomic mass is 79.9. The van der Waals surface area contributed by atoms with Crippen molar-refractivity contribution in [1.82, 2.24) is 9.47 Å². The quantitative estimate of drug-likeness (QED) is 0.442. The first-order valence-electron chi connectivity index (χ1n) is 8.22. The SMILES string of the molecule is C=CCCCCN1CC(Br)C(=O)c2c(n(C)c3ccccc23)C1=O. The number of carbonyl (C=O) groups is 2. The zero-order chi connectivity index (χ0) is 17.3. The number of carbonyl (C=O) groups excluding carboxylic acids is 2. The number of hydrogen-bond donors (Lipinski definition) is 0. The molecular formula is C19H21BrN2O2. The first-order chi connectivity index (χ1) is 11.6. The number of aryl methyl sites for hydroxylation is 1. The van der Waals surface area contributed by atoms with Crippen LogP contribution in [0.1, 0.15) is 40.1 Å². The molecule has 1 aliphatic heterocycles. The first-order valence-corrected chi connectivity index (χ1v) is 9.13. The van der Waals surface area contributed by atoms with Crippen molar-refractivity contribution in [3.05, 3.63) is 48.2 Å². The molecule has 0 aliphatic carbocycles. The fourth-order valence-electron chi connectivity index (χ4n) is 3.34. The lowest BCUT2D eigenvalue weighted by Gasteiger charge is -2.22. The highest BCUT2D eigenvalue weighted by molar-refractivity contribution is 9.10. The number of alkyl halides is 1. The van der Waals surface area contributed by atoms with Crippen LogP contribution in [0.4, 0.5) is 0 Å².